The van der Waals surface area contributed by atoms with Crippen LogP contribution in [0.1, 0.15) is 0 Å². The smallest absolute Gasteiger partial charge is 0.347 e. The van der Waals surface area contributed by atoms with Crippen molar-refractivity contribution in [3.8, 4) is 5.75 Å². The Balaban J connectivity index is 3.31. The lowest BCUT2D eigenvalue weighted by Gasteiger charge is -2.08. The quantitative estimate of drug-likeness (QED) is 0.214. The van der Waals surface area contributed by atoms with Crippen LogP contribution >= 0.6 is 0 Å². The minimum Gasteiger partial charge on any atom is -0.416 e. The fourth-order valence-corrected chi connectivity index (χ4v) is 1.01. The first kappa shape index (κ1) is 15.9. The number of hydrogen-bond donors (Lipinski definition) is 0. The monoisotopic (exact) mass is 306 g/mol. The fourth-order valence-electron chi connectivity index (χ4n) is 1.01. The van der Waals surface area contributed by atoms with Gasteiger partial charge >= 0.3 is 5.97 Å². The van der Waals surface area contributed by atoms with Crippen LogP contribution < -0.4 is 4.74 Å². The van der Waals surface area contributed by atoms with Gasteiger partial charge in [-0.3, -0.25) is 0 Å². The third-order valence-electron chi connectivity index (χ3n) is 1.97. The first-order valence-electron chi connectivity index (χ1n) is 4.56. The molecule has 0 atom stereocenters. The summed E-state index contributed by atoms with van der Waals surface area (Å²) in [6, 6.07) is 0. The lowest BCUT2D eigenvalue weighted by atomic mass is 10.2. The summed E-state index contributed by atoms with van der Waals surface area (Å²) in [6.45, 7) is -2.06. The van der Waals surface area contributed by atoms with Gasteiger partial charge in [0.15, 0.2) is 0 Å². The Morgan fingerprint density at radius 2 is 1.25 bits per heavy atom. The highest BCUT2D eigenvalue weighted by molar-refractivity contribution is 5.90. The molecular formula is C10H2F8O2. The van der Waals surface area contributed by atoms with Gasteiger partial charge in [-0.2, -0.15) is 17.6 Å². The van der Waals surface area contributed by atoms with Gasteiger partial charge in [-0.1, -0.05) is 0 Å². The minimum atomic E-state index is -2.86. The van der Waals surface area contributed by atoms with Crippen molar-refractivity contribution in [3.63, 3.8) is 0 Å². The predicted molar refractivity (Wildman–Crippen MR) is 47.1 cm³/mol. The minimum absolute atomic E-state index is 1.91. The third kappa shape index (κ3) is 2.73. The maximum absolute atomic E-state index is 13.0. The van der Waals surface area contributed by atoms with Crippen molar-refractivity contribution in [1.82, 2.24) is 0 Å². The molecule has 1 aromatic carbocycles. The van der Waals surface area contributed by atoms with Gasteiger partial charge in [-0.25, -0.2) is 22.4 Å². The predicted octanol–water partition coefficient (Wildman–Crippen LogP) is 3.41. The second-order valence-corrected chi connectivity index (χ2v) is 3.16. The maximum Gasteiger partial charge on any atom is 0.347 e. The molecule has 0 fully saturated rings. The molecule has 0 spiro atoms. The standard InChI is InChI=1S/C10H2F8O2/c11-1-2(9(17)18)10(19)20-8-6(15)4(13)3(12)5(14)7(8)16/h1H2. The van der Waals surface area contributed by atoms with Gasteiger partial charge in [0.25, 0.3) is 6.08 Å². The van der Waals surface area contributed by atoms with E-state index in [1.165, 1.54) is 0 Å². The van der Waals surface area contributed by atoms with E-state index in [9.17, 15) is 39.9 Å². The molecule has 0 amide bonds. The molecule has 0 aromatic heterocycles. The number of carbonyl (C=O) groups excluding carboxylic acids is 1. The molecule has 0 unspecified atom stereocenters. The van der Waals surface area contributed by atoms with Crippen LogP contribution in [0.25, 0.3) is 0 Å². The molecular weight excluding hydrogens is 304 g/mol. The van der Waals surface area contributed by atoms with Gasteiger partial charge in [0.05, 0.1) is 0 Å². The molecule has 0 heterocycles. The van der Waals surface area contributed by atoms with E-state index in [1.807, 2.05) is 0 Å². The van der Waals surface area contributed by atoms with Crippen molar-refractivity contribution in [2.45, 2.75) is 0 Å². The van der Waals surface area contributed by atoms with Gasteiger partial charge in [-0.15, -0.1) is 0 Å². The molecule has 0 radical (unpaired) electrons. The van der Waals surface area contributed by atoms with Crippen molar-refractivity contribution < 1.29 is 44.7 Å². The summed E-state index contributed by atoms with van der Waals surface area (Å²) in [5.41, 5.74) is -1.91. The van der Waals surface area contributed by atoms with Crippen LogP contribution in [0.3, 0.4) is 0 Å². The van der Waals surface area contributed by atoms with Crippen LogP contribution in [-0.2, 0) is 4.79 Å². The second-order valence-electron chi connectivity index (χ2n) is 3.16. The number of alkyl halides is 1. The van der Waals surface area contributed by atoms with E-state index in [0.717, 1.165) is 0 Å². The van der Waals surface area contributed by atoms with Crippen molar-refractivity contribution in [2.75, 3.05) is 6.67 Å². The lowest BCUT2D eigenvalue weighted by molar-refractivity contribution is -0.131. The summed E-state index contributed by atoms with van der Waals surface area (Å²) < 4.78 is 104. The van der Waals surface area contributed by atoms with Gasteiger partial charge in [0, 0.05) is 0 Å². The molecule has 10 heteroatoms. The molecule has 0 N–H and O–H groups in total. The average Bonchev–Trinajstić information content (AvgIpc) is 2.39. The molecule has 1 rings (SSSR count). The summed E-state index contributed by atoms with van der Waals surface area (Å²) in [6.07, 6.45) is -2.86. The van der Waals surface area contributed by atoms with Gasteiger partial charge < -0.3 is 4.74 Å². The van der Waals surface area contributed by atoms with Gasteiger partial charge in [0.1, 0.15) is 12.2 Å². The van der Waals surface area contributed by atoms with Gasteiger partial charge in [-0.05, 0) is 0 Å². The molecule has 1 aromatic rings. The molecule has 110 valence electrons. The molecule has 0 saturated carbocycles. The molecule has 0 saturated heterocycles. The first-order valence-corrected chi connectivity index (χ1v) is 4.56. The topological polar surface area (TPSA) is 26.3 Å². The Morgan fingerprint density at radius 3 is 1.60 bits per heavy atom. The Morgan fingerprint density at radius 1 is 0.850 bits per heavy atom. The van der Waals surface area contributed by atoms with Crippen LogP contribution in [0.15, 0.2) is 11.7 Å². The maximum atomic E-state index is 13.0. The van der Waals surface area contributed by atoms with Crippen molar-refractivity contribution in [1.29, 1.82) is 0 Å². The Labute approximate surface area is 105 Å². The van der Waals surface area contributed by atoms with Crippen molar-refractivity contribution in [2.24, 2.45) is 0 Å². The van der Waals surface area contributed by atoms with Crippen LogP contribution in [0, 0.1) is 29.1 Å². The van der Waals surface area contributed by atoms with E-state index in [2.05, 4.69) is 4.74 Å². The number of ether oxygens (including phenoxy) is 1. The number of esters is 1. The number of halogens is 8. The lowest BCUT2D eigenvalue weighted by Crippen LogP contribution is -2.17. The normalized spacial score (nSPS) is 10.4. The Bertz CT molecular complexity index is 562. The summed E-state index contributed by atoms with van der Waals surface area (Å²) >= 11 is 0. The van der Waals surface area contributed by atoms with E-state index < -0.39 is 59.1 Å². The molecule has 0 aliphatic carbocycles. The summed E-state index contributed by atoms with van der Waals surface area (Å²) in [5.74, 6) is -16.9. The van der Waals surface area contributed by atoms with E-state index in [-0.39, 0.29) is 0 Å². The zero-order chi connectivity index (χ0) is 15.6. The first-order chi connectivity index (χ1) is 9.22. The Hall–Kier alpha value is -2.13. The average molecular weight is 306 g/mol. The zero-order valence-electron chi connectivity index (χ0n) is 9.05. The zero-order valence-corrected chi connectivity index (χ0v) is 9.05. The highest BCUT2D eigenvalue weighted by Gasteiger charge is 2.30. The second kappa shape index (κ2) is 5.88. The summed E-state index contributed by atoms with van der Waals surface area (Å²) in [4.78, 5) is 10.9. The van der Waals surface area contributed by atoms with Crippen LogP contribution in [0.4, 0.5) is 35.1 Å². The molecule has 0 bridgehead atoms. The molecule has 0 aliphatic heterocycles. The fraction of sp³-hybridized carbons (Fsp3) is 0.100. The number of rotatable bonds is 3. The number of hydrogen-bond acceptors (Lipinski definition) is 2. The third-order valence-corrected chi connectivity index (χ3v) is 1.97. The van der Waals surface area contributed by atoms with E-state index in [4.69, 9.17) is 0 Å². The van der Waals surface area contributed by atoms with Crippen molar-refractivity contribution >= 4 is 5.97 Å². The SMILES string of the molecule is O=C(Oc1c(F)c(F)c(F)c(F)c1F)C(CF)=C(F)F. The van der Waals surface area contributed by atoms with Crippen molar-refractivity contribution in [3.05, 3.63) is 40.7 Å². The molecule has 2 nitrogen and oxygen atoms in total. The highest BCUT2D eigenvalue weighted by atomic mass is 19.3. The summed E-state index contributed by atoms with van der Waals surface area (Å²) in [7, 11) is 0. The van der Waals surface area contributed by atoms with E-state index in [1.54, 1.807) is 0 Å². The molecule has 20 heavy (non-hydrogen) atoms. The van der Waals surface area contributed by atoms with E-state index >= 15 is 0 Å². The van der Waals surface area contributed by atoms with Crippen LogP contribution in [0.5, 0.6) is 5.75 Å². The highest BCUT2D eigenvalue weighted by Crippen LogP contribution is 2.29. The van der Waals surface area contributed by atoms with Gasteiger partial charge in [0.2, 0.25) is 34.8 Å². The molecule has 0 aliphatic rings. The number of benzene rings is 1. The van der Waals surface area contributed by atoms with Crippen LogP contribution in [-0.4, -0.2) is 12.6 Å². The van der Waals surface area contributed by atoms with Crippen LogP contribution in [0.2, 0.25) is 0 Å². The largest absolute Gasteiger partial charge is 0.416 e. The Kier molecular flexibility index (Phi) is 4.69. The van der Waals surface area contributed by atoms with E-state index in [0.29, 0.717) is 0 Å². The summed E-state index contributed by atoms with van der Waals surface area (Å²) in [5, 5.41) is 0. The number of carbonyl (C=O) groups is 1.